The molecule has 0 spiro atoms. The summed E-state index contributed by atoms with van der Waals surface area (Å²) in [6.45, 7) is 4.40. The third-order valence-corrected chi connectivity index (χ3v) is 8.36. The molecule has 0 aliphatic heterocycles. The number of carboxylic acids is 1. The second-order valence-electron chi connectivity index (χ2n) is 14.4. The van der Waals surface area contributed by atoms with Crippen molar-refractivity contribution in [1.82, 2.24) is 0 Å². The van der Waals surface area contributed by atoms with Crippen LogP contribution < -0.4 is 0 Å². The van der Waals surface area contributed by atoms with Gasteiger partial charge in [-0.25, -0.2) is 4.79 Å². The largest absolute Gasteiger partial charge is 0.477 e. The molecule has 0 aromatic carbocycles. The van der Waals surface area contributed by atoms with Crippen LogP contribution in [0.5, 0.6) is 0 Å². The predicted molar refractivity (Wildman–Crippen MR) is 229 cm³/mol. The quantitative estimate of drug-likeness (QED) is 0.0301. The van der Waals surface area contributed by atoms with E-state index in [0.29, 0.717) is 19.3 Å². The summed E-state index contributed by atoms with van der Waals surface area (Å²) in [7, 11) is 5.48. The molecule has 0 fully saturated rings. The molecule has 0 amide bonds. The Labute approximate surface area is 334 Å². The number of nitrogens with zero attached hydrogens (tertiary/aromatic N) is 1. The fourth-order valence-electron chi connectivity index (χ4n) is 5.19. The van der Waals surface area contributed by atoms with Crippen molar-refractivity contribution in [2.24, 2.45) is 0 Å². The molecule has 0 rings (SSSR count). The Hall–Kier alpha value is -4.01. The van der Waals surface area contributed by atoms with E-state index < -0.39 is 18.1 Å². The van der Waals surface area contributed by atoms with Crippen molar-refractivity contribution in [3.63, 3.8) is 0 Å². The summed E-state index contributed by atoms with van der Waals surface area (Å²) in [5.41, 5.74) is 0. The van der Waals surface area contributed by atoms with E-state index in [9.17, 15) is 19.5 Å². The van der Waals surface area contributed by atoms with Crippen LogP contribution in [0.25, 0.3) is 0 Å². The molecule has 0 radical (unpaired) electrons. The Morgan fingerprint density at radius 3 is 1.53 bits per heavy atom. The van der Waals surface area contributed by atoms with Crippen LogP contribution in [0.3, 0.4) is 0 Å². The number of likely N-dealkylation sites (N-methyl/N-ethyl adjacent to an activating group) is 1. The van der Waals surface area contributed by atoms with Crippen molar-refractivity contribution >= 4 is 17.9 Å². The highest BCUT2D eigenvalue weighted by molar-refractivity contribution is 5.72. The maximum Gasteiger partial charge on any atom is 0.362 e. The molecule has 2 atom stereocenters. The number of hydrogen-bond acceptors (Lipinski definition) is 6. The fourth-order valence-corrected chi connectivity index (χ4v) is 5.19. The van der Waals surface area contributed by atoms with Gasteiger partial charge < -0.3 is 23.8 Å². The molecule has 0 aliphatic carbocycles. The van der Waals surface area contributed by atoms with Crippen molar-refractivity contribution in [3.8, 4) is 0 Å². The molecule has 1 N–H and O–H groups in total. The van der Waals surface area contributed by atoms with Gasteiger partial charge in [-0.05, 0) is 51.4 Å². The van der Waals surface area contributed by atoms with Crippen molar-refractivity contribution < 1.29 is 38.2 Å². The van der Waals surface area contributed by atoms with E-state index >= 15 is 0 Å². The second-order valence-corrected chi connectivity index (χ2v) is 14.4. The van der Waals surface area contributed by atoms with Gasteiger partial charge in [0.15, 0.2) is 12.1 Å². The normalized spacial score (nSPS) is 14.1. The molecular formula is C47H74NO7+. The van der Waals surface area contributed by atoms with E-state index in [4.69, 9.17) is 14.2 Å². The molecular weight excluding hydrogens is 691 g/mol. The maximum absolute atomic E-state index is 12.7. The van der Waals surface area contributed by atoms with Gasteiger partial charge in [-0.1, -0.05) is 155 Å². The summed E-state index contributed by atoms with van der Waals surface area (Å²) in [5, 5.41) is 9.60. The van der Waals surface area contributed by atoms with Crippen LogP contribution in [0.1, 0.15) is 117 Å². The molecule has 0 saturated carbocycles. The minimum atomic E-state index is -0.893. The van der Waals surface area contributed by atoms with Crippen LogP contribution in [0, 0.1) is 0 Å². The number of allylic oxidation sites excluding steroid dienone is 18. The number of carboxylic acid groups (broad SMARTS) is 1. The van der Waals surface area contributed by atoms with Crippen LogP contribution >= 0.6 is 0 Å². The lowest BCUT2D eigenvalue weighted by molar-refractivity contribution is -0.887. The number of esters is 2. The smallest absolute Gasteiger partial charge is 0.362 e. The van der Waals surface area contributed by atoms with E-state index in [1.165, 1.54) is 6.42 Å². The molecule has 308 valence electrons. The highest BCUT2D eigenvalue weighted by Gasteiger charge is 2.31. The molecule has 0 aromatic rings. The topological polar surface area (TPSA) is 99.1 Å². The SMILES string of the molecule is CC/C=C/C=C/C=C/C=C/CCCCCC(=O)OC(COCCC(C(=O)O)[N+](C)(C)C)COC(=O)CCCCCCC/C=C/C=C/C=C/C=C/C=C/CCC. The first-order valence-electron chi connectivity index (χ1n) is 20.5. The van der Waals surface area contributed by atoms with E-state index in [2.05, 4.69) is 50.3 Å². The van der Waals surface area contributed by atoms with Crippen LogP contribution in [-0.2, 0) is 28.6 Å². The number of ether oxygens (including phenoxy) is 3. The van der Waals surface area contributed by atoms with E-state index in [1.54, 1.807) is 0 Å². The van der Waals surface area contributed by atoms with Gasteiger partial charge in [0.25, 0.3) is 0 Å². The molecule has 2 unspecified atom stereocenters. The molecule has 0 aliphatic rings. The fraction of sp³-hybridized carbons (Fsp3) is 0.553. The molecule has 8 nitrogen and oxygen atoms in total. The van der Waals surface area contributed by atoms with Crippen LogP contribution in [0.15, 0.2) is 109 Å². The molecule has 0 heterocycles. The zero-order chi connectivity index (χ0) is 40.7. The Kier molecular flexibility index (Phi) is 34.2. The van der Waals surface area contributed by atoms with Crippen LogP contribution in [0.2, 0.25) is 0 Å². The average molecular weight is 765 g/mol. The Bertz CT molecular complexity index is 1260. The van der Waals surface area contributed by atoms with Gasteiger partial charge in [0.05, 0.1) is 34.4 Å². The maximum atomic E-state index is 12.7. The number of quaternary nitrogens is 1. The number of rotatable bonds is 34. The summed E-state index contributed by atoms with van der Waals surface area (Å²) >= 11 is 0. The highest BCUT2D eigenvalue weighted by atomic mass is 16.6. The zero-order valence-corrected chi connectivity index (χ0v) is 34.8. The van der Waals surface area contributed by atoms with Crippen molar-refractivity contribution in [2.75, 3.05) is 41.0 Å². The first-order valence-corrected chi connectivity index (χ1v) is 20.5. The predicted octanol–water partition coefficient (Wildman–Crippen LogP) is 10.9. The minimum absolute atomic E-state index is 0.0280. The molecule has 0 saturated heterocycles. The van der Waals surface area contributed by atoms with Gasteiger partial charge in [0, 0.05) is 19.3 Å². The van der Waals surface area contributed by atoms with Crippen LogP contribution in [0.4, 0.5) is 0 Å². The summed E-state index contributed by atoms with van der Waals surface area (Å²) in [6, 6.07) is -0.633. The van der Waals surface area contributed by atoms with Crippen molar-refractivity contribution in [2.45, 2.75) is 129 Å². The Morgan fingerprint density at radius 1 is 0.564 bits per heavy atom. The summed E-state index contributed by atoms with van der Waals surface area (Å²) < 4.78 is 17.2. The standard InChI is InChI=1S/C47H73NO7/c1-6-8-10-12-14-16-18-20-21-22-23-24-26-27-29-31-33-35-37-45(49)54-42-43(41-53-40-39-44(47(51)52)48(3,4)5)55-46(50)38-36-34-32-30-28-25-19-17-15-13-11-9-7-2/h9-25,28,43-44H,6-8,26-27,29-42H2,1-5H3/p+1/b11-9+,12-10+,15-13+,16-14+,19-17+,20-18+,22-21+,24-23+,28-25+. The Balaban J connectivity index is 4.52. The van der Waals surface area contributed by atoms with Crippen molar-refractivity contribution in [1.29, 1.82) is 0 Å². The lowest BCUT2D eigenvalue weighted by Crippen LogP contribution is -2.50. The number of unbranched alkanes of at least 4 members (excludes halogenated alkanes) is 9. The number of carbonyl (C=O) groups is 3. The highest BCUT2D eigenvalue weighted by Crippen LogP contribution is 2.12. The Morgan fingerprint density at radius 2 is 1.02 bits per heavy atom. The van der Waals surface area contributed by atoms with E-state index in [0.717, 1.165) is 70.6 Å². The first-order chi connectivity index (χ1) is 26.6. The van der Waals surface area contributed by atoms with Gasteiger partial charge in [-0.15, -0.1) is 0 Å². The monoisotopic (exact) mass is 765 g/mol. The van der Waals surface area contributed by atoms with Gasteiger partial charge in [-0.2, -0.15) is 0 Å². The van der Waals surface area contributed by atoms with Gasteiger partial charge in [-0.3, -0.25) is 9.59 Å². The lowest BCUT2D eigenvalue weighted by Gasteiger charge is -2.31. The van der Waals surface area contributed by atoms with Crippen molar-refractivity contribution in [3.05, 3.63) is 109 Å². The lowest BCUT2D eigenvalue weighted by atomic mass is 10.1. The zero-order valence-electron chi connectivity index (χ0n) is 34.8. The third-order valence-electron chi connectivity index (χ3n) is 8.36. The average Bonchev–Trinajstić information content (AvgIpc) is 3.14. The molecule has 8 heteroatoms. The van der Waals surface area contributed by atoms with Crippen LogP contribution in [-0.4, -0.2) is 80.6 Å². The van der Waals surface area contributed by atoms with Gasteiger partial charge in [0.1, 0.15) is 6.61 Å². The summed E-state index contributed by atoms with van der Waals surface area (Å²) in [4.78, 5) is 36.9. The van der Waals surface area contributed by atoms with E-state index in [-0.39, 0.29) is 42.7 Å². The summed E-state index contributed by atoms with van der Waals surface area (Å²) in [6.07, 6.45) is 49.9. The summed E-state index contributed by atoms with van der Waals surface area (Å²) in [5.74, 6) is -1.57. The van der Waals surface area contributed by atoms with Gasteiger partial charge >= 0.3 is 17.9 Å². The number of aliphatic carboxylic acids is 1. The molecule has 0 bridgehead atoms. The number of hydrogen-bond donors (Lipinski definition) is 1. The molecule has 55 heavy (non-hydrogen) atoms. The van der Waals surface area contributed by atoms with E-state index in [1.807, 2.05) is 94.1 Å². The number of carbonyl (C=O) groups excluding carboxylic acids is 2. The minimum Gasteiger partial charge on any atom is -0.477 e. The first kappa shape index (κ1) is 51.0. The van der Waals surface area contributed by atoms with Gasteiger partial charge in [0.2, 0.25) is 0 Å². The third kappa shape index (κ3) is 35.4. The second kappa shape index (κ2) is 36.9. The molecule has 0 aromatic heterocycles.